The number of nitrogens with zero attached hydrogens (tertiary/aromatic N) is 2. The lowest BCUT2D eigenvalue weighted by molar-refractivity contribution is -0.137. The molecular formula is C22H22F3N3O2S. The van der Waals surface area contributed by atoms with E-state index in [2.05, 4.69) is 10.3 Å². The zero-order chi connectivity index (χ0) is 22.2. The summed E-state index contributed by atoms with van der Waals surface area (Å²) in [5.74, 6) is 0.484. The molecule has 164 valence electrons. The van der Waals surface area contributed by atoms with Crippen LogP contribution in [0.4, 0.5) is 13.2 Å². The summed E-state index contributed by atoms with van der Waals surface area (Å²) in [7, 11) is 0. The molecule has 0 fully saturated rings. The number of aryl methyl sites for hydroxylation is 2. The minimum absolute atomic E-state index is 0.0838. The number of thiophene rings is 1. The smallest absolute Gasteiger partial charge is 0.351 e. The van der Waals surface area contributed by atoms with Gasteiger partial charge in [-0.25, -0.2) is 4.98 Å². The largest absolute Gasteiger partial charge is 0.416 e. The lowest BCUT2D eigenvalue weighted by atomic mass is 10.1. The third-order valence-corrected chi connectivity index (χ3v) is 6.78. The van der Waals surface area contributed by atoms with Gasteiger partial charge in [-0.2, -0.15) is 13.2 Å². The molecule has 0 bridgehead atoms. The minimum Gasteiger partial charge on any atom is -0.351 e. The van der Waals surface area contributed by atoms with Crippen LogP contribution in [0.5, 0.6) is 0 Å². The molecule has 3 heterocycles. The molecule has 31 heavy (non-hydrogen) atoms. The number of amides is 1. The van der Waals surface area contributed by atoms with Crippen molar-refractivity contribution in [2.75, 3.05) is 6.54 Å². The lowest BCUT2D eigenvalue weighted by Crippen LogP contribution is -2.26. The number of halogens is 3. The highest BCUT2D eigenvalue weighted by Crippen LogP contribution is 2.30. The van der Waals surface area contributed by atoms with E-state index in [0.29, 0.717) is 39.2 Å². The number of carbonyl (C=O) groups is 1. The maximum atomic E-state index is 13.0. The molecular weight excluding hydrogens is 427 g/mol. The predicted octanol–water partition coefficient (Wildman–Crippen LogP) is 4.48. The highest BCUT2D eigenvalue weighted by atomic mass is 32.1. The van der Waals surface area contributed by atoms with Crippen molar-refractivity contribution in [3.63, 3.8) is 0 Å². The minimum atomic E-state index is -4.36. The zero-order valence-corrected chi connectivity index (χ0v) is 17.8. The van der Waals surface area contributed by atoms with Crippen LogP contribution in [0.15, 0.2) is 29.1 Å². The van der Waals surface area contributed by atoms with Crippen molar-refractivity contribution >= 4 is 27.5 Å². The van der Waals surface area contributed by atoms with Gasteiger partial charge in [-0.3, -0.25) is 14.2 Å². The maximum Gasteiger partial charge on any atom is 0.416 e. The molecule has 0 atom stereocenters. The molecule has 0 saturated heterocycles. The Bertz CT molecular complexity index is 1180. The first-order valence-corrected chi connectivity index (χ1v) is 11.0. The van der Waals surface area contributed by atoms with Crippen LogP contribution in [-0.2, 0) is 25.6 Å². The fourth-order valence-corrected chi connectivity index (χ4v) is 4.99. The molecule has 1 N–H and O–H groups in total. The van der Waals surface area contributed by atoms with Gasteiger partial charge in [0.15, 0.2) is 0 Å². The summed E-state index contributed by atoms with van der Waals surface area (Å²) in [4.78, 5) is 31.4. The van der Waals surface area contributed by atoms with Crippen molar-refractivity contribution in [2.45, 2.75) is 51.7 Å². The monoisotopic (exact) mass is 449 g/mol. The molecule has 3 aromatic rings. The van der Waals surface area contributed by atoms with Crippen LogP contribution in [0.25, 0.3) is 10.2 Å². The van der Waals surface area contributed by atoms with Crippen LogP contribution in [0.3, 0.4) is 0 Å². The highest BCUT2D eigenvalue weighted by molar-refractivity contribution is 7.20. The molecule has 0 aliphatic carbocycles. The Morgan fingerprint density at radius 1 is 1.19 bits per heavy atom. The second-order valence-electron chi connectivity index (χ2n) is 7.73. The number of hydrogen-bond donors (Lipinski definition) is 1. The quantitative estimate of drug-likeness (QED) is 0.639. The third-order valence-electron chi connectivity index (χ3n) is 5.60. The Kier molecular flexibility index (Phi) is 5.88. The van der Waals surface area contributed by atoms with Crippen molar-refractivity contribution in [3.05, 3.63) is 62.0 Å². The number of carbonyl (C=O) groups excluding carboxylic acids is 1. The van der Waals surface area contributed by atoms with Gasteiger partial charge < -0.3 is 5.32 Å². The van der Waals surface area contributed by atoms with Gasteiger partial charge in [-0.15, -0.1) is 11.3 Å². The SMILES string of the molecule is Cc1c(C(=O)NCCc2ccc(C(F)(F)F)cc2)sc2nc3n(c(=O)c12)CCCCC3. The third kappa shape index (κ3) is 4.37. The van der Waals surface area contributed by atoms with E-state index in [0.717, 1.165) is 43.6 Å². The van der Waals surface area contributed by atoms with Gasteiger partial charge in [-0.1, -0.05) is 18.6 Å². The Morgan fingerprint density at radius 3 is 2.65 bits per heavy atom. The normalized spacial score (nSPS) is 14.3. The van der Waals surface area contributed by atoms with E-state index in [1.165, 1.54) is 23.5 Å². The molecule has 1 aliphatic heterocycles. The molecule has 1 amide bonds. The first kappa shape index (κ1) is 21.5. The van der Waals surface area contributed by atoms with Crippen molar-refractivity contribution in [2.24, 2.45) is 0 Å². The summed E-state index contributed by atoms with van der Waals surface area (Å²) >= 11 is 1.22. The number of hydrogen-bond acceptors (Lipinski definition) is 4. The summed E-state index contributed by atoms with van der Waals surface area (Å²) in [6.45, 7) is 2.69. The van der Waals surface area contributed by atoms with Crippen LogP contribution in [-0.4, -0.2) is 22.0 Å². The maximum absolute atomic E-state index is 13.0. The number of benzene rings is 1. The van der Waals surface area contributed by atoms with Crippen LogP contribution in [0, 0.1) is 6.92 Å². The summed E-state index contributed by atoms with van der Waals surface area (Å²) in [6, 6.07) is 4.90. The molecule has 0 radical (unpaired) electrons. The van der Waals surface area contributed by atoms with Crippen molar-refractivity contribution in [3.8, 4) is 0 Å². The molecule has 9 heteroatoms. The fraction of sp³-hybridized carbons (Fsp3) is 0.409. The predicted molar refractivity (Wildman–Crippen MR) is 114 cm³/mol. The van der Waals surface area contributed by atoms with Crippen LogP contribution >= 0.6 is 11.3 Å². The summed E-state index contributed by atoms with van der Waals surface area (Å²) < 4.78 is 39.7. The average molecular weight is 449 g/mol. The summed E-state index contributed by atoms with van der Waals surface area (Å²) in [6.07, 6.45) is -0.182. The van der Waals surface area contributed by atoms with Gasteiger partial charge in [0.1, 0.15) is 10.7 Å². The van der Waals surface area contributed by atoms with E-state index in [1.54, 1.807) is 11.5 Å². The molecule has 2 aromatic heterocycles. The van der Waals surface area contributed by atoms with Gasteiger partial charge in [0.25, 0.3) is 11.5 Å². The molecule has 1 aliphatic rings. The number of aromatic nitrogens is 2. The number of rotatable bonds is 4. The fourth-order valence-electron chi connectivity index (χ4n) is 3.89. The molecule has 1 aromatic carbocycles. The lowest BCUT2D eigenvalue weighted by Gasteiger charge is -2.08. The first-order chi connectivity index (χ1) is 14.8. The van der Waals surface area contributed by atoms with Crippen molar-refractivity contribution in [1.29, 1.82) is 0 Å². The van der Waals surface area contributed by atoms with E-state index in [-0.39, 0.29) is 18.0 Å². The van der Waals surface area contributed by atoms with E-state index in [1.807, 2.05) is 0 Å². The van der Waals surface area contributed by atoms with Crippen LogP contribution < -0.4 is 10.9 Å². The van der Waals surface area contributed by atoms with Gasteiger partial charge in [0.2, 0.25) is 0 Å². The molecule has 0 saturated carbocycles. The topological polar surface area (TPSA) is 64.0 Å². The Hall–Kier alpha value is -2.68. The van der Waals surface area contributed by atoms with E-state index < -0.39 is 11.7 Å². The second kappa shape index (κ2) is 8.45. The Morgan fingerprint density at radius 2 is 1.94 bits per heavy atom. The van der Waals surface area contributed by atoms with Crippen molar-refractivity contribution < 1.29 is 18.0 Å². The Labute approximate surface area is 180 Å². The molecule has 5 nitrogen and oxygen atoms in total. The van der Waals surface area contributed by atoms with Gasteiger partial charge in [0.05, 0.1) is 15.8 Å². The highest BCUT2D eigenvalue weighted by Gasteiger charge is 2.30. The molecule has 4 rings (SSSR count). The number of alkyl halides is 3. The summed E-state index contributed by atoms with van der Waals surface area (Å²) in [5.41, 5.74) is 0.548. The van der Waals surface area contributed by atoms with Gasteiger partial charge in [-0.05, 0) is 49.4 Å². The van der Waals surface area contributed by atoms with E-state index in [9.17, 15) is 22.8 Å². The second-order valence-corrected chi connectivity index (χ2v) is 8.73. The molecule has 0 spiro atoms. The van der Waals surface area contributed by atoms with E-state index >= 15 is 0 Å². The molecule has 0 unspecified atom stereocenters. The summed E-state index contributed by atoms with van der Waals surface area (Å²) in [5, 5.41) is 3.31. The Balaban J connectivity index is 1.49. The average Bonchev–Trinajstić information content (AvgIpc) is 2.89. The zero-order valence-electron chi connectivity index (χ0n) is 17.0. The van der Waals surface area contributed by atoms with Gasteiger partial charge in [0, 0.05) is 19.5 Å². The first-order valence-electron chi connectivity index (χ1n) is 10.2. The van der Waals surface area contributed by atoms with Crippen molar-refractivity contribution in [1.82, 2.24) is 14.9 Å². The standard InChI is InChI=1S/C22H22F3N3O2S/c1-13-17-20(27-16-5-3-2-4-12-28(16)21(17)30)31-18(13)19(29)26-11-10-14-6-8-15(9-7-14)22(23,24)25/h6-9H,2-5,10-12H2,1H3,(H,26,29). The van der Waals surface area contributed by atoms with Crippen LogP contribution in [0.2, 0.25) is 0 Å². The number of nitrogens with one attached hydrogen (secondary N) is 1. The van der Waals surface area contributed by atoms with Crippen LogP contribution in [0.1, 0.15) is 51.4 Å². The van der Waals surface area contributed by atoms with Gasteiger partial charge >= 0.3 is 6.18 Å². The number of fused-ring (bicyclic) bond motifs is 2. The van der Waals surface area contributed by atoms with E-state index in [4.69, 9.17) is 0 Å².